The van der Waals surface area contributed by atoms with Crippen LogP contribution < -0.4 is 5.56 Å². The minimum absolute atomic E-state index is 0.116. The van der Waals surface area contributed by atoms with Gasteiger partial charge in [0.15, 0.2) is 5.82 Å². The Morgan fingerprint density at radius 3 is 2.39 bits per heavy atom. The molecule has 0 amide bonds. The van der Waals surface area contributed by atoms with Crippen LogP contribution in [0.1, 0.15) is 68.7 Å². The summed E-state index contributed by atoms with van der Waals surface area (Å²) in [6.45, 7) is 15.4. The van der Waals surface area contributed by atoms with Crippen LogP contribution in [0.15, 0.2) is 47.3 Å². The molecule has 36 heavy (non-hydrogen) atoms. The fraction of sp³-hybridized carbons (Fsp3) is 0.429. The third-order valence-corrected chi connectivity index (χ3v) is 6.48. The molecule has 0 fully saturated rings. The van der Waals surface area contributed by atoms with Crippen molar-refractivity contribution in [2.24, 2.45) is 5.92 Å². The predicted octanol–water partition coefficient (Wildman–Crippen LogP) is 5.43. The van der Waals surface area contributed by atoms with E-state index in [2.05, 4.69) is 73.0 Å². The van der Waals surface area contributed by atoms with Crippen LogP contribution in [0.5, 0.6) is 0 Å². The summed E-state index contributed by atoms with van der Waals surface area (Å²) in [7, 11) is 0. The van der Waals surface area contributed by atoms with Crippen molar-refractivity contribution in [3.63, 3.8) is 0 Å². The van der Waals surface area contributed by atoms with Gasteiger partial charge in [0, 0.05) is 29.6 Å². The van der Waals surface area contributed by atoms with Crippen LogP contribution in [0.4, 0.5) is 4.39 Å². The van der Waals surface area contributed by atoms with Crippen LogP contribution in [0.3, 0.4) is 0 Å². The molecule has 0 aliphatic rings. The summed E-state index contributed by atoms with van der Waals surface area (Å²) in [5.41, 5.74) is 4.24. The maximum atomic E-state index is 13.6. The first-order chi connectivity index (χ1) is 16.9. The summed E-state index contributed by atoms with van der Waals surface area (Å²) >= 11 is 0. The topological polar surface area (TPSA) is 79.7 Å². The lowest BCUT2D eigenvalue weighted by Gasteiger charge is -2.35. The van der Waals surface area contributed by atoms with Crippen molar-refractivity contribution in [3.8, 4) is 0 Å². The van der Waals surface area contributed by atoms with Crippen molar-refractivity contribution in [1.29, 1.82) is 0 Å². The second-order valence-electron chi connectivity index (χ2n) is 11.0. The number of nitrogens with zero attached hydrogens (tertiary/aromatic N) is 5. The number of fused-ring (bicyclic) bond motifs is 1. The monoisotopic (exact) mass is 490 g/mol. The number of hydrogen-bond acceptors (Lipinski definition) is 5. The first-order valence-electron chi connectivity index (χ1n) is 12.3. The molecule has 2 heterocycles. The molecule has 0 radical (unpaired) electrons. The Hall–Kier alpha value is -3.39. The first-order valence-corrected chi connectivity index (χ1v) is 12.3. The number of benzene rings is 2. The number of aromatic nitrogens is 5. The molecule has 190 valence electrons. The van der Waals surface area contributed by atoms with E-state index < -0.39 is 0 Å². The van der Waals surface area contributed by atoms with Crippen LogP contribution in [-0.4, -0.2) is 30.1 Å². The molecule has 2 aromatic heterocycles. The molecule has 0 aliphatic carbocycles. The van der Waals surface area contributed by atoms with Gasteiger partial charge < -0.3 is 4.98 Å². The van der Waals surface area contributed by atoms with Crippen molar-refractivity contribution in [1.82, 2.24) is 30.1 Å². The third-order valence-electron chi connectivity index (χ3n) is 6.48. The van der Waals surface area contributed by atoms with Gasteiger partial charge >= 0.3 is 0 Å². The van der Waals surface area contributed by atoms with E-state index in [0.717, 1.165) is 33.4 Å². The number of aryl methyl sites for hydroxylation is 2. The molecule has 1 unspecified atom stereocenters. The van der Waals surface area contributed by atoms with Gasteiger partial charge in [-0.3, -0.25) is 9.69 Å². The Morgan fingerprint density at radius 2 is 1.75 bits per heavy atom. The Bertz CT molecular complexity index is 1410. The minimum atomic E-state index is -0.317. The average Bonchev–Trinajstić information content (AvgIpc) is 3.26. The molecular formula is C28H35FN6O. The first kappa shape index (κ1) is 25.7. The standard InChI is InChI=1S/C28H35FN6O/c1-17(2)25(26-31-32-33-35(26)28(5,6)7)34(15-20-8-10-22(29)11-9-20)16-21-14-23-19(4)12-18(3)13-24(23)30-27(21)36/h8-14,17,25H,15-16H2,1-7H3,(H,30,36). The van der Waals surface area contributed by atoms with E-state index in [4.69, 9.17) is 0 Å². The number of rotatable bonds is 7. The van der Waals surface area contributed by atoms with E-state index in [1.807, 2.05) is 23.7 Å². The van der Waals surface area contributed by atoms with Crippen LogP contribution >= 0.6 is 0 Å². The van der Waals surface area contributed by atoms with E-state index in [1.54, 1.807) is 12.1 Å². The molecule has 0 spiro atoms. The summed E-state index contributed by atoms with van der Waals surface area (Å²) in [6.07, 6.45) is 0. The van der Waals surface area contributed by atoms with Crippen molar-refractivity contribution < 1.29 is 4.39 Å². The molecule has 1 atom stereocenters. The molecule has 2 aromatic carbocycles. The third kappa shape index (κ3) is 5.38. The zero-order valence-corrected chi connectivity index (χ0v) is 22.1. The molecule has 0 saturated carbocycles. The zero-order valence-electron chi connectivity index (χ0n) is 22.1. The van der Waals surface area contributed by atoms with Gasteiger partial charge in [0.25, 0.3) is 5.56 Å². The molecule has 8 heteroatoms. The van der Waals surface area contributed by atoms with E-state index in [0.29, 0.717) is 18.7 Å². The number of tetrazole rings is 1. The van der Waals surface area contributed by atoms with Crippen LogP contribution in [0.25, 0.3) is 10.9 Å². The van der Waals surface area contributed by atoms with Crippen molar-refractivity contribution in [3.05, 3.63) is 86.7 Å². The molecule has 0 saturated heterocycles. The molecule has 0 aliphatic heterocycles. The number of H-pyrrole nitrogens is 1. The molecule has 4 rings (SSSR count). The molecular weight excluding hydrogens is 455 g/mol. The van der Waals surface area contributed by atoms with Gasteiger partial charge in [0.2, 0.25) is 0 Å². The lowest BCUT2D eigenvalue weighted by molar-refractivity contribution is 0.119. The van der Waals surface area contributed by atoms with Crippen LogP contribution in [0, 0.1) is 25.6 Å². The van der Waals surface area contributed by atoms with Crippen molar-refractivity contribution >= 4 is 10.9 Å². The smallest absolute Gasteiger partial charge is 0.252 e. The van der Waals surface area contributed by atoms with Gasteiger partial charge in [-0.25, -0.2) is 9.07 Å². The van der Waals surface area contributed by atoms with Crippen LogP contribution in [0.2, 0.25) is 0 Å². The quantitative estimate of drug-likeness (QED) is 0.374. The van der Waals surface area contributed by atoms with E-state index in [-0.39, 0.29) is 28.9 Å². The van der Waals surface area contributed by atoms with Gasteiger partial charge in [0.05, 0.1) is 11.6 Å². The van der Waals surface area contributed by atoms with E-state index in [1.165, 1.54) is 12.1 Å². The summed E-state index contributed by atoms with van der Waals surface area (Å²) in [6, 6.07) is 12.4. The van der Waals surface area contributed by atoms with Crippen molar-refractivity contribution in [2.45, 2.75) is 73.1 Å². The summed E-state index contributed by atoms with van der Waals surface area (Å²) in [5, 5.41) is 13.7. The van der Waals surface area contributed by atoms with Crippen molar-refractivity contribution in [2.75, 3.05) is 0 Å². The maximum Gasteiger partial charge on any atom is 0.252 e. The Morgan fingerprint density at radius 1 is 1.06 bits per heavy atom. The van der Waals surface area contributed by atoms with Gasteiger partial charge in [-0.05, 0) is 91.9 Å². The Labute approximate surface area is 211 Å². The fourth-order valence-electron chi connectivity index (χ4n) is 4.87. The zero-order chi connectivity index (χ0) is 26.2. The van der Waals surface area contributed by atoms with Gasteiger partial charge in [-0.1, -0.05) is 32.0 Å². The highest BCUT2D eigenvalue weighted by Gasteiger charge is 2.33. The van der Waals surface area contributed by atoms with Gasteiger partial charge in [0.1, 0.15) is 5.82 Å². The SMILES string of the molecule is Cc1cc(C)c2cc(CN(Cc3ccc(F)cc3)C(c3nnnn3C(C)(C)C)C(C)C)c(=O)[nH]c2c1. The van der Waals surface area contributed by atoms with Gasteiger partial charge in [-0.2, -0.15) is 0 Å². The number of pyridine rings is 1. The molecule has 1 N–H and O–H groups in total. The number of aromatic amines is 1. The average molecular weight is 491 g/mol. The molecule has 4 aromatic rings. The summed E-state index contributed by atoms with van der Waals surface area (Å²) < 4.78 is 15.5. The van der Waals surface area contributed by atoms with Crippen LogP contribution in [-0.2, 0) is 18.6 Å². The summed E-state index contributed by atoms with van der Waals surface area (Å²) in [4.78, 5) is 18.5. The lowest BCUT2D eigenvalue weighted by Crippen LogP contribution is -2.37. The molecule has 0 bridgehead atoms. The Balaban J connectivity index is 1.83. The predicted molar refractivity (Wildman–Crippen MR) is 140 cm³/mol. The lowest BCUT2D eigenvalue weighted by atomic mass is 9.98. The van der Waals surface area contributed by atoms with E-state index in [9.17, 15) is 9.18 Å². The highest BCUT2D eigenvalue weighted by molar-refractivity contribution is 5.83. The fourth-order valence-corrected chi connectivity index (χ4v) is 4.87. The van der Waals surface area contributed by atoms with Gasteiger partial charge in [-0.15, -0.1) is 5.10 Å². The maximum absolute atomic E-state index is 13.6. The van der Waals surface area contributed by atoms with E-state index >= 15 is 0 Å². The summed E-state index contributed by atoms with van der Waals surface area (Å²) in [5.74, 6) is 0.601. The molecule has 7 nitrogen and oxygen atoms in total. The minimum Gasteiger partial charge on any atom is -0.322 e. The number of nitrogens with one attached hydrogen (secondary N) is 1. The number of hydrogen-bond donors (Lipinski definition) is 1. The second-order valence-corrected chi connectivity index (χ2v) is 11.0. The largest absolute Gasteiger partial charge is 0.322 e. The highest BCUT2D eigenvalue weighted by Crippen LogP contribution is 2.32. The Kier molecular flexibility index (Phi) is 7.09. The normalized spacial score (nSPS) is 13.2. The highest BCUT2D eigenvalue weighted by atomic mass is 19.1. The second kappa shape index (κ2) is 9.93. The number of halogens is 1.